The summed E-state index contributed by atoms with van der Waals surface area (Å²) in [7, 11) is 0. The molecule has 0 fully saturated rings. The average Bonchev–Trinajstić information content (AvgIpc) is 3.00. The molecule has 2 heterocycles. The molecule has 0 atom stereocenters. The molecule has 0 saturated heterocycles. The first-order valence-electron chi connectivity index (χ1n) is 9.66. The summed E-state index contributed by atoms with van der Waals surface area (Å²) in [4.78, 5) is 42.8. The lowest BCUT2D eigenvalue weighted by molar-refractivity contribution is 0.0369. The van der Waals surface area contributed by atoms with Crippen LogP contribution in [0.4, 0.5) is 0 Å². The Hall–Kier alpha value is -3.00. The molecule has 0 amide bonds. The van der Waals surface area contributed by atoms with Crippen LogP contribution < -0.4 is 5.56 Å². The normalized spacial score (nSPS) is 11.3. The summed E-state index contributed by atoms with van der Waals surface area (Å²) >= 11 is 1.15. The summed E-state index contributed by atoms with van der Waals surface area (Å²) < 4.78 is 12.0. The van der Waals surface area contributed by atoms with E-state index in [1.807, 2.05) is 6.07 Å². The van der Waals surface area contributed by atoms with Crippen LogP contribution in [0.3, 0.4) is 0 Å². The van der Waals surface area contributed by atoms with Gasteiger partial charge in [-0.3, -0.25) is 9.36 Å². The first-order chi connectivity index (χ1) is 14.2. The van der Waals surface area contributed by atoms with Crippen LogP contribution in [0.5, 0.6) is 0 Å². The van der Waals surface area contributed by atoms with Crippen LogP contribution in [-0.4, -0.2) is 33.7 Å². The Balaban J connectivity index is 1.94. The number of hydrogen-bond acceptors (Lipinski definition) is 7. The zero-order valence-electron chi connectivity index (χ0n) is 17.6. The van der Waals surface area contributed by atoms with Gasteiger partial charge in [-0.05, 0) is 57.9 Å². The zero-order valence-corrected chi connectivity index (χ0v) is 18.4. The summed E-state index contributed by atoms with van der Waals surface area (Å²) in [5, 5.41) is 0.411. The number of aromatic nitrogens is 2. The number of aryl methyl sites for hydroxylation is 1. The Kier molecular flexibility index (Phi) is 6.36. The van der Waals surface area contributed by atoms with E-state index in [0.717, 1.165) is 16.9 Å². The minimum atomic E-state index is -0.451. The number of carbonyl (C=O) groups excluding carboxylic acids is 2. The second-order valence-corrected chi connectivity index (χ2v) is 8.52. The summed E-state index contributed by atoms with van der Waals surface area (Å²) in [5.41, 5.74) is 1.52. The fourth-order valence-corrected chi connectivity index (χ4v) is 4.03. The summed E-state index contributed by atoms with van der Waals surface area (Å²) in [6.45, 7) is 9.10. The lowest BCUT2D eigenvalue weighted by Crippen LogP contribution is -2.21. The van der Waals surface area contributed by atoms with Gasteiger partial charge in [0.15, 0.2) is 0 Å². The third-order valence-corrected chi connectivity index (χ3v) is 5.48. The molecule has 1 aromatic carbocycles. The van der Waals surface area contributed by atoms with Crippen LogP contribution in [0, 0.1) is 6.92 Å². The SMILES string of the molecule is Cc1c(C(=O)OC(C)C)sc2ncn(Cc3cccc(C(=O)OC(C)C)c3)c(=O)c12. The Morgan fingerprint density at radius 2 is 1.77 bits per heavy atom. The molecule has 0 N–H and O–H groups in total. The van der Waals surface area contributed by atoms with Crippen molar-refractivity contribution in [1.82, 2.24) is 9.55 Å². The van der Waals surface area contributed by atoms with E-state index in [0.29, 0.717) is 26.2 Å². The average molecular weight is 429 g/mol. The van der Waals surface area contributed by atoms with Gasteiger partial charge in [-0.2, -0.15) is 0 Å². The Morgan fingerprint density at radius 3 is 2.43 bits per heavy atom. The van der Waals surface area contributed by atoms with Gasteiger partial charge in [-0.15, -0.1) is 11.3 Å². The molecule has 158 valence electrons. The molecule has 0 aliphatic heterocycles. The van der Waals surface area contributed by atoms with Crippen molar-refractivity contribution in [2.24, 2.45) is 0 Å². The zero-order chi connectivity index (χ0) is 22.0. The molecule has 3 aromatic rings. The second kappa shape index (κ2) is 8.79. The highest BCUT2D eigenvalue weighted by atomic mass is 32.1. The standard InChI is InChI=1S/C22H24N2O5S/c1-12(2)28-21(26)16-8-6-7-15(9-16)10-24-11-23-19-17(20(24)25)14(5)18(30-19)22(27)29-13(3)4/h6-9,11-13H,10H2,1-5H3. The number of ether oxygens (including phenoxy) is 2. The smallest absolute Gasteiger partial charge is 0.348 e. The first kappa shape index (κ1) is 21.7. The minimum absolute atomic E-state index is 0.214. The van der Waals surface area contributed by atoms with Gasteiger partial charge in [0.05, 0.1) is 36.0 Å². The minimum Gasteiger partial charge on any atom is -0.459 e. The number of fused-ring (bicyclic) bond motifs is 1. The van der Waals surface area contributed by atoms with E-state index in [2.05, 4.69) is 4.98 Å². The maximum Gasteiger partial charge on any atom is 0.348 e. The van der Waals surface area contributed by atoms with Gasteiger partial charge in [0, 0.05) is 0 Å². The maximum absolute atomic E-state index is 13.1. The lowest BCUT2D eigenvalue weighted by Gasteiger charge is -2.10. The van der Waals surface area contributed by atoms with Gasteiger partial charge in [-0.1, -0.05) is 12.1 Å². The monoisotopic (exact) mass is 428 g/mol. The van der Waals surface area contributed by atoms with Crippen molar-refractivity contribution in [3.63, 3.8) is 0 Å². The first-order valence-corrected chi connectivity index (χ1v) is 10.5. The summed E-state index contributed by atoms with van der Waals surface area (Å²) in [5.74, 6) is -0.859. The second-order valence-electron chi connectivity index (χ2n) is 7.52. The van der Waals surface area contributed by atoms with E-state index in [1.54, 1.807) is 52.8 Å². The molecule has 0 aliphatic carbocycles. The van der Waals surface area contributed by atoms with Gasteiger partial charge >= 0.3 is 11.9 Å². The van der Waals surface area contributed by atoms with Crippen molar-refractivity contribution in [2.75, 3.05) is 0 Å². The molecule has 7 nitrogen and oxygen atoms in total. The van der Waals surface area contributed by atoms with E-state index in [-0.39, 0.29) is 24.3 Å². The summed E-state index contributed by atoms with van der Waals surface area (Å²) in [6.07, 6.45) is 0.993. The van der Waals surface area contributed by atoms with Crippen molar-refractivity contribution in [3.8, 4) is 0 Å². The fraction of sp³-hybridized carbons (Fsp3) is 0.364. The van der Waals surface area contributed by atoms with Crippen LogP contribution in [0.1, 0.15) is 58.9 Å². The number of rotatable bonds is 6. The van der Waals surface area contributed by atoms with E-state index in [9.17, 15) is 14.4 Å². The van der Waals surface area contributed by atoms with Crippen molar-refractivity contribution >= 4 is 33.5 Å². The van der Waals surface area contributed by atoms with E-state index >= 15 is 0 Å². The highest BCUT2D eigenvalue weighted by Gasteiger charge is 2.21. The number of carbonyl (C=O) groups is 2. The van der Waals surface area contributed by atoms with Crippen molar-refractivity contribution in [3.05, 3.63) is 62.5 Å². The van der Waals surface area contributed by atoms with Gasteiger partial charge < -0.3 is 9.47 Å². The molecule has 3 rings (SSSR count). The third kappa shape index (κ3) is 4.59. The van der Waals surface area contributed by atoms with E-state index in [4.69, 9.17) is 9.47 Å². The summed E-state index contributed by atoms with van der Waals surface area (Å²) in [6, 6.07) is 6.95. The number of hydrogen-bond donors (Lipinski definition) is 0. The Bertz CT molecular complexity index is 1160. The van der Waals surface area contributed by atoms with E-state index in [1.165, 1.54) is 10.9 Å². The predicted octanol–water partition coefficient (Wildman–Crippen LogP) is 3.95. The Morgan fingerprint density at radius 1 is 1.10 bits per heavy atom. The highest BCUT2D eigenvalue weighted by Crippen LogP contribution is 2.27. The van der Waals surface area contributed by atoms with Crippen LogP contribution in [0.2, 0.25) is 0 Å². The molecular weight excluding hydrogens is 404 g/mol. The number of benzene rings is 1. The van der Waals surface area contributed by atoms with Crippen molar-refractivity contribution < 1.29 is 19.1 Å². The molecule has 0 saturated carbocycles. The number of thiophene rings is 1. The van der Waals surface area contributed by atoms with Crippen LogP contribution in [0.15, 0.2) is 35.4 Å². The van der Waals surface area contributed by atoms with Gasteiger partial charge in [0.1, 0.15) is 9.71 Å². The fourth-order valence-electron chi connectivity index (χ4n) is 3.01. The molecule has 0 spiro atoms. The predicted molar refractivity (Wildman–Crippen MR) is 115 cm³/mol. The number of esters is 2. The van der Waals surface area contributed by atoms with Crippen LogP contribution in [-0.2, 0) is 16.0 Å². The molecular formula is C22H24N2O5S. The molecule has 0 bridgehead atoms. The van der Waals surface area contributed by atoms with Crippen molar-refractivity contribution in [2.45, 2.75) is 53.4 Å². The highest BCUT2D eigenvalue weighted by molar-refractivity contribution is 7.20. The molecule has 2 aromatic heterocycles. The van der Waals surface area contributed by atoms with Gasteiger partial charge in [0.25, 0.3) is 5.56 Å². The maximum atomic E-state index is 13.1. The topological polar surface area (TPSA) is 87.5 Å². The van der Waals surface area contributed by atoms with Crippen LogP contribution in [0.25, 0.3) is 10.2 Å². The van der Waals surface area contributed by atoms with E-state index < -0.39 is 11.9 Å². The molecule has 8 heteroatoms. The van der Waals surface area contributed by atoms with Gasteiger partial charge in [-0.25, -0.2) is 14.6 Å². The molecule has 30 heavy (non-hydrogen) atoms. The quantitative estimate of drug-likeness (QED) is 0.553. The van der Waals surface area contributed by atoms with Crippen LogP contribution >= 0.6 is 11.3 Å². The van der Waals surface area contributed by atoms with Crippen molar-refractivity contribution in [1.29, 1.82) is 0 Å². The molecule has 0 aliphatic rings. The molecule has 0 unspecified atom stereocenters. The molecule has 0 radical (unpaired) electrons. The lowest BCUT2D eigenvalue weighted by atomic mass is 10.1. The largest absolute Gasteiger partial charge is 0.459 e. The van der Waals surface area contributed by atoms with Gasteiger partial charge in [0.2, 0.25) is 0 Å². The number of nitrogens with zero attached hydrogens (tertiary/aromatic N) is 2. The Labute approximate surface area is 178 Å². The third-order valence-electron chi connectivity index (χ3n) is 4.30.